The Bertz CT molecular complexity index is 3470. The number of hydrogen-bond donors (Lipinski definition) is 0. The topological polar surface area (TPSA) is 21.3 Å². The van der Waals surface area contributed by atoms with Crippen LogP contribution < -0.4 is 4.90 Å². The van der Waals surface area contributed by atoms with Gasteiger partial charge in [-0.05, 0) is 105 Å². The van der Waals surface area contributed by atoms with Crippen molar-refractivity contribution in [1.82, 2.24) is 4.57 Å². The third-order valence-corrected chi connectivity index (χ3v) is 12.2. The molecule has 12 rings (SSSR count). The van der Waals surface area contributed by atoms with Gasteiger partial charge >= 0.3 is 0 Å². The van der Waals surface area contributed by atoms with Gasteiger partial charge in [-0.15, -0.1) is 0 Å². The predicted molar refractivity (Wildman–Crippen MR) is 257 cm³/mol. The Balaban J connectivity index is 1.15. The van der Waals surface area contributed by atoms with E-state index in [9.17, 15) is 0 Å². The highest BCUT2D eigenvalue weighted by molar-refractivity contribution is 6.26. The molecule has 2 aromatic heterocycles. The molecule has 0 unspecified atom stereocenters. The number of fused-ring (bicyclic) bond motifs is 8. The molecule has 286 valence electrons. The normalized spacial score (nSPS) is 11.6. The molecule has 0 saturated carbocycles. The highest BCUT2D eigenvalue weighted by Gasteiger charge is 2.24. The molecule has 0 bridgehead atoms. The minimum Gasteiger partial charge on any atom is -0.456 e. The fourth-order valence-corrected chi connectivity index (χ4v) is 9.41. The van der Waals surface area contributed by atoms with E-state index < -0.39 is 0 Å². The molecule has 0 radical (unpaired) electrons. The van der Waals surface area contributed by atoms with Crippen LogP contribution in [0.25, 0.3) is 93.6 Å². The fourth-order valence-electron chi connectivity index (χ4n) is 9.41. The zero-order valence-electron chi connectivity index (χ0n) is 33.2. The van der Waals surface area contributed by atoms with Gasteiger partial charge in [-0.2, -0.15) is 0 Å². The largest absolute Gasteiger partial charge is 0.456 e. The molecule has 0 aliphatic rings. The molecule has 0 atom stereocenters. The first kappa shape index (κ1) is 34.9. The lowest BCUT2D eigenvalue weighted by Crippen LogP contribution is -2.10. The number of nitrogens with zero attached hydrogens (tertiary/aromatic N) is 2. The maximum absolute atomic E-state index is 6.98. The number of hydrogen-bond acceptors (Lipinski definition) is 2. The second-order valence-electron chi connectivity index (χ2n) is 15.7. The summed E-state index contributed by atoms with van der Waals surface area (Å²) in [6, 6.07) is 82.8. The molecule has 0 aliphatic heterocycles. The molecule has 3 nitrogen and oxygen atoms in total. The maximum atomic E-state index is 6.98. The molecule has 12 aromatic rings. The molecule has 0 spiro atoms. The quantitative estimate of drug-likeness (QED) is 0.161. The third kappa shape index (κ3) is 5.82. The van der Waals surface area contributed by atoms with Crippen LogP contribution >= 0.6 is 0 Å². The molecule has 0 aliphatic carbocycles. The van der Waals surface area contributed by atoms with E-state index in [1.54, 1.807) is 0 Å². The lowest BCUT2D eigenvalue weighted by Gasteiger charge is -2.27. The molecule has 0 amide bonds. The van der Waals surface area contributed by atoms with Crippen molar-refractivity contribution >= 4 is 71.6 Å². The average Bonchev–Trinajstić information content (AvgIpc) is 3.89. The van der Waals surface area contributed by atoms with Crippen LogP contribution in [0.2, 0.25) is 0 Å². The van der Waals surface area contributed by atoms with Crippen molar-refractivity contribution < 1.29 is 4.42 Å². The number of anilines is 3. The molecule has 0 saturated heterocycles. The lowest BCUT2D eigenvalue weighted by molar-refractivity contribution is 0.669. The minimum atomic E-state index is 0.842. The molecule has 0 fully saturated rings. The van der Waals surface area contributed by atoms with Crippen molar-refractivity contribution in [3.8, 4) is 39.1 Å². The van der Waals surface area contributed by atoms with Gasteiger partial charge in [0.15, 0.2) is 0 Å². The van der Waals surface area contributed by atoms with Crippen LogP contribution in [-0.2, 0) is 0 Å². The fraction of sp³-hybridized carbons (Fsp3) is 0. The van der Waals surface area contributed by atoms with Gasteiger partial charge in [-0.1, -0.05) is 164 Å². The number of furan rings is 1. The van der Waals surface area contributed by atoms with Crippen molar-refractivity contribution in [1.29, 1.82) is 0 Å². The lowest BCUT2D eigenvalue weighted by atomic mass is 9.93. The van der Waals surface area contributed by atoms with Gasteiger partial charge in [0.2, 0.25) is 0 Å². The van der Waals surface area contributed by atoms with Crippen molar-refractivity contribution in [3.05, 3.63) is 231 Å². The summed E-state index contributed by atoms with van der Waals surface area (Å²) in [6.07, 6.45) is 0. The van der Waals surface area contributed by atoms with E-state index >= 15 is 0 Å². The van der Waals surface area contributed by atoms with Gasteiger partial charge in [0.25, 0.3) is 0 Å². The summed E-state index contributed by atoms with van der Waals surface area (Å²) in [6.45, 7) is 0. The van der Waals surface area contributed by atoms with E-state index in [0.29, 0.717) is 0 Å². The van der Waals surface area contributed by atoms with E-state index in [-0.39, 0.29) is 0 Å². The monoisotopic (exact) mass is 778 g/mol. The second-order valence-corrected chi connectivity index (χ2v) is 15.7. The van der Waals surface area contributed by atoms with Crippen LogP contribution in [0.15, 0.2) is 235 Å². The summed E-state index contributed by atoms with van der Waals surface area (Å²) < 4.78 is 9.38. The first-order valence-electron chi connectivity index (χ1n) is 20.8. The number of aromatic nitrogens is 1. The maximum Gasteiger partial charge on any atom is 0.138 e. The highest BCUT2D eigenvalue weighted by atomic mass is 16.3. The Labute approximate surface area is 353 Å². The Morgan fingerprint density at radius 2 is 0.885 bits per heavy atom. The van der Waals surface area contributed by atoms with Crippen molar-refractivity contribution in [2.45, 2.75) is 0 Å². The van der Waals surface area contributed by atoms with Crippen molar-refractivity contribution in [3.63, 3.8) is 0 Å². The first-order chi connectivity index (χ1) is 30.3. The van der Waals surface area contributed by atoms with E-state index in [2.05, 4.69) is 240 Å². The molecular formula is C58H38N2O. The molecule has 0 N–H and O–H groups in total. The second kappa shape index (κ2) is 14.3. The van der Waals surface area contributed by atoms with Gasteiger partial charge in [-0.3, -0.25) is 0 Å². The summed E-state index contributed by atoms with van der Waals surface area (Å²) >= 11 is 0. The van der Waals surface area contributed by atoms with Crippen LogP contribution in [0.4, 0.5) is 17.1 Å². The van der Waals surface area contributed by atoms with Gasteiger partial charge < -0.3 is 13.9 Å². The van der Waals surface area contributed by atoms with Crippen LogP contribution in [-0.4, -0.2) is 4.57 Å². The predicted octanol–water partition coefficient (Wildman–Crippen LogP) is 16.3. The molecule has 61 heavy (non-hydrogen) atoms. The molecule has 3 heteroatoms. The summed E-state index contributed by atoms with van der Waals surface area (Å²) in [4.78, 5) is 2.37. The summed E-state index contributed by atoms with van der Waals surface area (Å²) in [7, 11) is 0. The van der Waals surface area contributed by atoms with Crippen LogP contribution in [0.5, 0.6) is 0 Å². The first-order valence-corrected chi connectivity index (χ1v) is 20.8. The number of rotatable bonds is 7. The van der Waals surface area contributed by atoms with Crippen molar-refractivity contribution in [2.75, 3.05) is 4.90 Å². The van der Waals surface area contributed by atoms with Gasteiger partial charge in [0.1, 0.15) is 11.2 Å². The Morgan fingerprint density at radius 1 is 0.328 bits per heavy atom. The minimum absolute atomic E-state index is 0.842. The van der Waals surface area contributed by atoms with Gasteiger partial charge in [0.05, 0.1) is 16.7 Å². The SMILES string of the molecule is c1ccc(-c2ccc(N(c3ccc(-c4ccccc4)cc3)c3cc(-c4cccc5c4c4ccccc4n5-c4ccccc4)c4c(c3)oc3ccc5ccccc5c34)cc2)cc1. The van der Waals surface area contributed by atoms with Crippen molar-refractivity contribution in [2.24, 2.45) is 0 Å². The molecular weight excluding hydrogens is 741 g/mol. The van der Waals surface area contributed by atoms with Crippen LogP contribution in [0.1, 0.15) is 0 Å². The van der Waals surface area contributed by atoms with Crippen LogP contribution in [0, 0.1) is 0 Å². The standard InChI is InChI=1S/C58H38N2O/c1-4-15-39(16-5-1)41-27-32-45(33-28-41)59(46-34-29-42(30-35-46)40-17-6-2-7-18-40)47-37-51(58-55(38-47)61-54-36-31-43-19-10-11-22-48(43)57(54)58)49-24-14-26-53-56(49)50-23-12-13-25-52(50)60(53)44-20-8-3-9-21-44/h1-38H. The van der Waals surface area contributed by atoms with E-state index in [1.807, 2.05) is 0 Å². The zero-order chi connectivity index (χ0) is 40.3. The Kier molecular flexibility index (Phi) is 8.17. The third-order valence-electron chi connectivity index (χ3n) is 12.2. The smallest absolute Gasteiger partial charge is 0.138 e. The summed E-state index contributed by atoms with van der Waals surface area (Å²) in [5, 5.41) is 7.02. The highest BCUT2D eigenvalue weighted by Crippen LogP contribution is 2.48. The average molecular weight is 779 g/mol. The van der Waals surface area contributed by atoms with Crippen LogP contribution in [0.3, 0.4) is 0 Å². The Hall–Kier alpha value is -8.14. The zero-order valence-corrected chi connectivity index (χ0v) is 33.2. The Morgan fingerprint density at radius 3 is 1.56 bits per heavy atom. The van der Waals surface area contributed by atoms with Gasteiger partial charge in [-0.25, -0.2) is 0 Å². The molecule has 2 heterocycles. The number of para-hydroxylation sites is 2. The summed E-state index contributed by atoms with van der Waals surface area (Å²) in [5.74, 6) is 0. The molecule has 10 aromatic carbocycles. The van der Waals surface area contributed by atoms with E-state index in [4.69, 9.17) is 4.42 Å². The number of benzene rings is 10. The van der Waals surface area contributed by atoms with E-state index in [1.165, 1.54) is 49.3 Å². The van der Waals surface area contributed by atoms with E-state index in [0.717, 1.165) is 61.3 Å². The van der Waals surface area contributed by atoms with Gasteiger partial charge in [0, 0.05) is 44.7 Å². The summed E-state index contributed by atoms with van der Waals surface area (Å²) in [5.41, 5.74) is 15.3.